The third-order valence-corrected chi connectivity index (χ3v) is 6.49. The summed E-state index contributed by atoms with van der Waals surface area (Å²) in [6, 6.07) is 10.1. The molecular formula is C24H19ClFN5O3. The van der Waals surface area contributed by atoms with Crippen LogP contribution in [0, 0.1) is 5.95 Å². The summed E-state index contributed by atoms with van der Waals surface area (Å²) in [5.41, 5.74) is 7.58. The van der Waals surface area contributed by atoms with Gasteiger partial charge in [0, 0.05) is 41.0 Å². The van der Waals surface area contributed by atoms with Crippen molar-refractivity contribution in [2.24, 2.45) is 10.7 Å². The Morgan fingerprint density at radius 1 is 1.21 bits per heavy atom. The van der Waals surface area contributed by atoms with Gasteiger partial charge in [0.1, 0.15) is 17.0 Å². The lowest BCUT2D eigenvalue weighted by molar-refractivity contribution is 0.102. The molecule has 0 radical (unpaired) electrons. The van der Waals surface area contributed by atoms with Gasteiger partial charge in [-0.1, -0.05) is 11.6 Å². The number of halogens is 2. The summed E-state index contributed by atoms with van der Waals surface area (Å²) in [7, 11) is 0. The Balaban J connectivity index is 1.45. The van der Waals surface area contributed by atoms with E-state index in [2.05, 4.69) is 20.3 Å². The number of rotatable bonds is 3. The number of fused-ring (bicyclic) bond motifs is 4. The van der Waals surface area contributed by atoms with Gasteiger partial charge in [0.05, 0.1) is 11.6 Å². The third-order valence-electron chi connectivity index (χ3n) is 6.26. The van der Waals surface area contributed by atoms with Crippen LogP contribution < -0.4 is 15.8 Å². The number of pyridine rings is 2. The van der Waals surface area contributed by atoms with Crippen LogP contribution in [0.2, 0.25) is 5.02 Å². The zero-order valence-corrected chi connectivity index (χ0v) is 18.6. The van der Waals surface area contributed by atoms with E-state index in [0.717, 1.165) is 12.8 Å². The number of carbonyl (C=O) groups excluding carboxylic acids is 1. The van der Waals surface area contributed by atoms with Gasteiger partial charge in [-0.25, -0.2) is 15.0 Å². The standard InChI is InChI=1S/C24H19ClFN5O3/c25-13-3-5-17(28-11-13)22(32)29-14-4-6-19-15(9-14)24(7-8-33-23(27)31-24)16-10-18(12-1-2-12)30-21(26)20(16)34-19/h3-6,9-12H,1-2,7-8H2,(H2,27,31)(H,29,32)/t24-/m0/s1. The Kier molecular flexibility index (Phi) is 4.70. The number of carbonyl (C=O) groups is 1. The van der Waals surface area contributed by atoms with Gasteiger partial charge in [0.2, 0.25) is 0 Å². The van der Waals surface area contributed by atoms with Crippen molar-refractivity contribution in [1.29, 1.82) is 0 Å². The minimum absolute atomic E-state index is 0.00930. The van der Waals surface area contributed by atoms with Crippen LogP contribution in [0.15, 0.2) is 47.6 Å². The lowest BCUT2D eigenvalue weighted by Gasteiger charge is -2.39. The third kappa shape index (κ3) is 3.43. The average molecular weight is 480 g/mol. The lowest BCUT2D eigenvalue weighted by atomic mass is 9.77. The van der Waals surface area contributed by atoms with Crippen LogP contribution in [0.25, 0.3) is 0 Å². The second-order valence-electron chi connectivity index (χ2n) is 8.53. The molecule has 1 aromatic carbocycles. The predicted octanol–water partition coefficient (Wildman–Crippen LogP) is 4.48. The number of amidine groups is 1. The minimum Gasteiger partial charge on any atom is -0.465 e. The van der Waals surface area contributed by atoms with E-state index < -0.39 is 17.4 Å². The number of benzene rings is 1. The van der Waals surface area contributed by atoms with Crippen molar-refractivity contribution in [3.63, 3.8) is 0 Å². The number of aromatic nitrogens is 2. The number of anilines is 1. The second-order valence-corrected chi connectivity index (χ2v) is 8.96. The number of hydrogen-bond acceptors (Lipinski definition) is 7. The molecule has 4 heterocycles. The molecule has 1 atom stereocenters. The summed E-state index contributed by atoms with van der Waals surface area (Å²) in [6.07, 6.45) is 3.77. The van der Waals surface area contributed by atoms with E-state index in [9.17, 15) is 4.79 Å². The van der Waals surface area contributed by atoms with E-state index in [-0.39, 0.29) is 23.4 Å². The topological polar surface area (TPSA) is 112 Å². The van der Waals surface area contributed by atoms with E-state index in [4.69, 9.17) is 26.8 Å². The van der Waals surface area contributed by atoms with Crippen LogP contribution in [0.3, 0.4) is 0 Å². The summed E-state index contributed by atoms with van der Waals surface area (Å²) in [4.78, 5) is 25.6. The average Bonchev–Trinajstić information content (AvgIpc) is 3.66. The lowest BCUT2D eigenvalue weighted by Crippen LogP contribution is -2.39. The SMILES string of the molecule is NC1=N[C@@]2(CCO1)c1cc(NC(=O)c3ccc(Cl)cn3)ccc1Oc1c2cc(C2CC2)nc1F. The number of nitrogens with two attached hydrogens (primary N) is 1. The first-order valence-corrected chi connectivity index (χ1v) is 11.2. The quantitative estimate of drug-likeness (QED) is 0.535. The molecule has 3 aliphatic rings. The molecule has 0 saturated heterocycles. The number of hydrogen-bond donors (Lipinski definition) is 2. The Bertz CT molecular complexity index is 1360. The number of ether oxygens (including phenoxy) is 2. The highest BCUT2D eigenvalue weighted by atomic mass is 35.5. The molecule has 1 aliphatic carbocycles. The maximum absolute atomic E-state index is 15.1. The number of nitrogens with zero attached hydrogens (tertiary/aromatic N) is 3. The van der Waals surface area contributed by atoms with E-state index >= 15 is 4.39 Å². The molecule has 10 heteroatoms. The first kappa shape index (κ1) is 20.9. The Hall–Kier alpha value is -3.72. The molecule has 3 N–H and O–H groups in total. The van der Waals surface area contributed by atoms with Gasteiger partial charge < -0.3 is 20.5 Å². The summed E-state index contributed by atoms with van der Waals surface area (Å²) in [6.45, 7) is 0.294. The first-order valence-electron chi connectivity index (χ1n) is 10.9. The Labute approximate surface area is 199 Å². The van der Waals surface area contributed by atoms with Crippen molar-refractivity contribution in [3.8, 4) is 11.5 Å². The largest absolute Gasteiger partial charge is 0.465 e. The molecule has 0 bridgehead atoms. The fourth-order valence-corrected chi connectivity index (χ4v) is 4.57. The van der Waals surface area contributed by atoms with E-state index in [0.29, 0.717) is 46.3 Å². The molecule has 1 saturated carbocycles. The molecule has 1 spiro atoms. The van der Waals surface area contributed by atoms with Gasteiger partial charge in [0.15, 0.2) is 5.75 Å². The van der Waals surface area contributed by atoms with Gasteiger partial charge in [-0.05, 0) is 49.2 Å². The second kappa shape index (κ2) is 7.66. The number of amides is 1. The van der Waals surface area contributed by atoms with Crippen molar-refractivity contribution in [1.82, 2.24) is 9.97 Å². The van der Waals surface area contributed by atoms with E-state index in [1.165, 1.54) is 12.3 Å². The molecule has 3 aromatic rings. The highest BCUT2D eigenvalue weighted by molar-refractivity contribution is 6.30. The van der Waals surface area contributed by atoms with Crippen molar-refractivity contribution in [2.75, 3.05) is 11.9 Å². The molecule has 34 heavy (non-hydrogen) atoms. The molecule has 172 valence electrons. The fraction of sp³-hybridized carbons (Fsp3) is 0.250. The van der Waals surface area contributed by atoms with Crippen LogP contribution >= 0.6 is 11.6 Å². The molecular weight excluding hydrogens is 461 g/mol. The molecule has 1 fully saturated rings. The Morgan fingerprint density at radius 2 is 2.06 bits per heavy atom. The smallest absolute Gasteiger partial charge is 0.283 e. The van der Waals surface area contributed by atoms with Crippen LogP contribution in [-0.2, 0) is 10.3 Å². The van der Waals surface area contributed by atoms with Gasteiger partial charge in [-0.2, -0.15) is 4.39 Å². The molecule has 1 amide bonds. The fourth-order valence-electron chi connectivity index (χ4n) is 4.46. The van der Waals surface area contributed by atoms with Crippen LogP contribution in [0.5, 0.6) is 11.5 Å². The first-order chi connectivity index (χ1) is 16.4. The number of nitrogens with one attached hydrogen (secondary N) is 1. The zero-order chi connectivity index (χ0) is 23.4. The molecule has 2 aliphatic heterocycles. The predicted molar refractivity (Wildman–Crippen MR) is 123 cm³/mol. The molecule has 8 nitrogen and oxygen atoms in total. The van der Waals surface area contributed by atoms with Gasteiger partial charge in [-0.15, -0.1) is 0 Å². The van der Waals surface area contributed by atoms with E-state index in [1.54, 1.807) is 24.3 Å². The maximum atomic E-state index is 15.1. The minimum atomic E-state index is -1.03. The van der Waals surface area contributed by atoms with E-state index in [1.807, 2.05) is 6.07 Å². The maximum Gasteiger partial charge on any atom is 0.283 e. The van der Waals surface area contributed by atoms with Crippen molar-refractivity contribution in [3.05, 3.63) is 76.1 Å². The molecule has 2 aromatic heterocycles. The summed E-state index contributed by atoms with van der Waals surface area (Å²) in [5, 5.41) is 3.27. The van der Waals surface area contributed by atoms with Crippen LogP contribution in [-0.4, -0.2) is 28.5 Å². The molecule has 0 unspecified atom stereocenters. The van der Waals surface area contributed by atoms with Gasteiger partial charge in [0.25, 0.3) is 17.9 Å². The molecule has 6 rings (SSSR count). The number of aliphatic imine (C=N–C) groups is 1. The monoisotopic (exact) mass is 479 g/mol. The summed E-state index contributed by atoms with van der Waals surface area (Å²) in [5.74, 6) is -0.386. The summed E-state index contributed by atoms with van der Waals surface area (Å²) >= 11 is 5.87. The van der Waals surface area contributed by atoms with Crippen LogP contribution in [0.4, 0.5) is 10.1 Å². The zero-order valence-electron chi connectivity index (χ0n) is 17.8. The van der Waals surface area contributed by atoms with Gasteiger partial charge in [-0.3, -0.25) is 4.79 Å². The van der Waals surface area contributed by atoms with Crippen molar-refractivity contribution < 1.29 is 18.7 Å². The highest BCUT2D eigenvalue weighted by Gasteiger charge is 2.47. The van der Waals surface area contributed by atoms with Crippen LogP contribution in [0.1, 0.15) is 52.5 Å². The normalized spacial score (nSPS) is 20.5. The highest BCUT2D eigenvalue weighted by Crippen LogP contribution is 2.54. The Morgan fingerprint density at radius 3 is 2.79 bits per heavy atom. The van der Waals surface area contributed by atoms with Crippen molar-refractivity contribution in [2.45, 2.75) is 30.7 Å². The summed E-state index contributed by atoms with van der Waals surface area (Å²) < 4.78 is 26.5. The van der Waals surface area contributed by atoms with Crippen molar-refractivity contribution >= 4 is 29.2 Å². The van der Waals surface area contributed by atoms with Gasteiger partial charge >= 0.3 is 0 Å².